The van der Waals surface area contributed by atoms with Crippen LogP contribution in [-0.4, -0.2) is 21.6 Å². The molecule has 3 nitrogen and oxygen atoms in total. The van der Waals surface area contributed by atoms with Crippen molar-refractivity contribution in [2.24, 2.45) is 0 Å². The minimum atomic E-state index is -1.46. The highest BCUT2D eigenvalue weighted by molar-refractivity contribution is 9.09. The van der Waals surface area contributed by atoms with E-state index in [1.807, 2.05) is 0 Å². The highest BCUT2D eigenvalue weighted by Gasteiger charge is 2.24. The molecule has 0 saturated heterocycles. The Morgan fingerprint density at radius 3 is 2.44 bits per heavy atom. The Balaban J connectivity index is 3.03. The first-order valence-electron chi connectivity index (χ1n) is 4.64. The van der Waals surface area contributed by atoms with Crippen LogP contribution < -0.4 is 5.73 Å². The normalized spacial score (nSPS) is 14.8. The first-order chi connectivity index (χ1) is 7.47. The number of nitrogen functional groups attached to an aromatic ring is 1. The molecule has 1 rings (SSSR count). The summed E-state index contributed by atoms with van der Waals surface area (Å²) in [5, 5.41) is 19.6. The summed E-state index contributed by atoms with van der Waals surface area (Å²) >= 11 is 3.08. The molecule has 2 atom stereocenters. The van der Waals surface area contributed by atoms with Crippen LogP contribution in [0, 0.1) is 11.6 Å². The van der Waals surface area contributed by atoms with Crippen LogP contribution in [0.15, 0.2) is 12.1 Å². The van der Waals surface area contributed by atoms with Crippen molar-refractivity contribution < 1.29 is 19.0 Å². The van der Waals surface area contributed by atoms with Gasteiger partial charge in [-0.15, -0.1) is 0 Å². The highest BCUT2D eigenvalue weighted by atomic mass is 79.9. The van der Waals surface area contributed by atoms with Crippen LogP contribution >= 0.6 is 15.9 Å². The van der Waals surface area contributed by atoms with E-state index in [1.165, 1.54) is 0 Å². The molecule has 0 fully saturated rings. The number of rotatable bonds is 4. The van der Waals surface area contributed by atoms with Crippen molar-refractivity contribution in [3.63, 3.8) is 0 Å². The van der Waals surface area contributed by atoms with Gasteiger partial charge in [0.2, 0.25) is 0 Å². The maximum Gasteiger partial charge on any atom is 0.134 e. The lowest BCUT2D eigenvalue weighted by atomic mass is 10.0. The molecule has 0 aromatic heterocycles. The van der Waals surface area contributed by atoms with Gasteiger partial charge in [-0.05, 0) is 12.5 Å². The lowest BCUT2D eigenvalue weighted by Crippen LogP contribution is -2.21. The fourth-order valence-corrected chi connectivity index (χ4v) is 1.85. The molecule has 16 heavy (non-hydrogen) atoms. The number of hydrogen-bond acceptors (Lipinski definition) is 3. The number of anilines is 1. The lowest BCUT2D eigenvalue weighted by Gasteiger charge is -2.19. The third-order valence-electron chi connectivity index (χ3n) is 2.19. The van der Waals surface area contributed by atoms with Crippen molar-refractivity contribution in [1.29, 1.82) is 0 Å². The number of aliphatic hydroxyl groups is 2. The van der Waals surface area contributed by atoms with E-state index < -0.39 is 23.8 Å². The van der Waals surface area contributed by atoms with Gasteiger partial charge in [0.25, 0.3) is 0 Å². The van der Waals surface area contributed by atoms with Gasteiger partial charge in [0.05, 0.1) is 6.10 Å². The third-order valence-corrected chi connectivity index (χ3v) is 2.65. The van der Waals surface area contributed by atoms with Gasteiger partial charge in [-0.25, -0.2) is 8.78 Å². The Morgan fingerprint density at radius 2 is 1.94 bits per heavy atom. The Labute approximate surface area is 100 Å². The molecule has 0 spiro atoms. The number of aliphatic hydroxyl groups excluding tert-OH is 2. The molecule has 0 radical (unpaired) electrons. The average molecular weight is 296 g/mol. The van der Waals surface area contributed by atoms with E-state index in [0.29, 0.717) is 11.4 Å². The second kappa shape index (κ2) is 5.56. The van der Waals surface area contributed by atoms with E-state index in [-0.39, 0.29) is 17.7 Å². The first kappa shape index (κ1) is 13.3. The molecule has 0 aliphatic rings. The molecule has 0 saturated carbocycles. The van der Waals surface area contributed by atoms with Crippen LogP contribution in [0.1, 0.15) is 18.1 Å². The molecule has 90 valence electrons. The zero-order chi connectivity index (χ0) is 12.3. The van der Waals surface area contributed by atoms with Gasteiger partial charge >= 0.3 is 0 Å². The molecule has 2 unspecified atom stereocenters. The molecule has 4 N–H and O–H groups in total. The van der Waals surface area contributed by atoms with Crippen molar-refractivity contribution in [3.05, 3.63) is 29.3 Å². The number of alkyl halides is 1. The van der Waals surface area contributed by atoms with Crippen LogP contribution in [0.4, 0.5) is 14.5 Å². The van der Waals surface area contributed by atoms with E-state index in [4.69, 9.17) is 5.73 Å². The van der Waals surface area contributed by atoms with Gasteiger partial charge < -0.3 is 15.9 Å². The van der Waals surface area contributed by atoms with Crippen LogP contribution in [0.25, 0.3) is 0 Å². The summed E-state index contributed by atoms with van der Waals surface area (Å²) in [4.78, 5) is 0. The van der Waals surface area contributed by atoms with E-state index in [1.54, 1.807) is 0 Å². The van der Waals surface area contributed by atoms with Gasteiger partial charge in [0.15, 0.2) is 0 Å². The monoisotopic (exact) mass is 295 g/mol. The van der Waals surface area contributed by atoms with Crippen LogP contribution in [0.5, 0.6) is 0 Å². The van der Waals surface area contributed by atoms with Gasteiger partial charge in [0.1, 0.15) is 17.7 Å². The fraction of sp³-hybridized carbons (Fsp3) is 0.400. The summed E-state index contributed by atoms with van der Waals surface area (Å²) in [5.74, 6) is -1.78. The molecule has 1 aromatic rings. The largest absolute Gasteiger partial charge is 0.398 e. The molecule has 0 aliphatic heterocycles. The van der Waals surface area contributed by atoms with E-state index in [0.717, 1.165) is 6.07 Å². The molecule has 0 aliphatic carbocycles. The van der Waals surface area contributed by atoms with E-state index in [9.17, 15) is 19.0 Å². The second-order valence-corrected chi connectivity index (χ2v) is 4.17. The number of hydrogen-bond donors (Lipinski definition) is 3. The van der Waals surface area contributed by atoms with E-state index in [2.05, 4.69) is 15.9 Å². The number of nitrogens with two attached hydrogens (primary N) is 1. The highest BCUT2D eigenvalue weighted by Crippen LogP contribution is 2.28. The maximum absolute atomic E-state index is 13.4. The molecular formula is C10H12BrF2NO2. The Bertz CT molecular complexity index is 353. The minimum Gasteiger partial charge on any atom is -0.398 e. The maximum atomic E-state index is 13.4. The Morgan fingerprint density at radius 1 is 1.31 bits per heavy atom. The Kier molecular flexibility index (Phi) is 4.64. The number of benzene rings is 1. The molecule has 0 bridgehead atoms. The van der Waals surface area contributed by atoms with Gasteiger partial charge in [0, 0.05) is 22.6 Å². The van der Waals surface area contributed by atoms with Crippen molar-refractivity contribution in [2.45, 2.75) is 18.6 Å². The van der Waals surface area contributed by atoms with Crippen LogP contribution in [0.2, 0.25) is 0 Å². The lowest BCUT2D eigenvalue weighted by molar-refractivity contribution is 0.0157. The van der Waals surface area contributed by atoms with Gasteiger partial charge in [-0.2, -0.15) is 0 Å². The van der Waals surface area contributed by atoms with Crippen molar-refractivity contribution >= 4 is 21.6 Å². The fourth-order valence-electron chi connectivity index (χ4n) is 1.38. The minimum absolute atomic E-state index is 0.210. The Hall–Kier alpha value is -0.720. The van der Waals surface area contributed by atoms with Crippen molar-refractivity contribution in [3.8, 4) is 0 Å². The predicted molar refractivity (Wildman–Crippen MR) is 60.1 cm³/mol. The van der Waals surface area contributed by atoms with E-state index >= 15 is 0 Å². The molecular weight excluding hydrogens is 284 g/mol. The first-order valence-corrected chi connectivity index (χ1v) is 5.76. The SMILES string of the molecule is Nc1cc(F)cc(F)c1C(O)C(O)CCBr. The summed E-state index contributed by atoms with van der Waals surface area (Å²) < 4.78 is 26.1. The van der Waals surface area contributed by atoms with Gasteiger partial charge in [-0.3, -0.25) is 0 Å². The standard InChI is InChI=1S/C10H12BrF2NO2/c11-2-1-8(15)10(16)9-6(13)3-5(12)4-7(9)14/h3-4,8,10,15-16H,1-2,14H2. The van der Waals surface area contributed by atoms with Gasteiger partial charge in [-0.1, -0.05) is 15.9 Å². The smallest absolute Gasteiger partial charge is 0.134 e. The average Bonchev–Trinajstić information content (AvgIpc) is 2.16. The summed E-state index contributed by atoms with van der Waals surface area (Å²) in [6.45, 7) is 0. The summed E-state index contributed by atoms with van der Waals surface area (Å²) in [5.41, 5.74) is 4.92. The van der Waals surface area contributed by atoms with Crippen molar-refractivity contribution in [2.75, 3.05) is 11.1 Å². The predicted octanol–water partition coefficient (Wildman–Crippen LogP) is 1.73. The summed E-state index contributed by atoms with van der Waals surface area (Å²) in [6.07, 6.45) is -2.38. The molecule has 0 amide bonds. The van der Waals surface area contributed by atoms with Crippen LogP contribution in [-0.2, 0) is 0 Å². The summed E-state index contributed by atoms with van der Waals surface area (Å²) in [7, 11) is 0. The second-order valence-electron chi connectivity index (χ2n) is 3.38. The zero-order valence-electron chi connectivity index (χ0n) is 8.33. The molecule has 1 aromatic carbocycles. The van der Waals surface area contributed by atoms with Crippen LogP contribution in [0.3, 0.4) is 0 Å². The quantitative estimate of drug-likeness (QED) is 0.585. The number of halogens is 3. The van der Waals surface area contributed by atoms with Crippen molar-refractivity contribution in [1.82, 2.24) is 0 Å². The zero-order valence-corrected chi connectivity index (χ0v) is 9.92. The third kappa shape index (κ3) is 2.90. The molecule has 6 heteroatoms. The summed E-state index contributed by atoms with van der Waals surface area (Å²) in [6, 6.07) is 1.53. The molecule has 0 heterocycles. The topological polar surface area (TPSA) is 66.5 Å².